The zero-order valence-corrected chi connectivity index (χ0v) is 35.4. The topological polar surface area (TPSA) is 161 Å². The molecular weight excluding hydrogens is 809 g/mol. The number of aromatic nitrogens is 4. The molecule has 63 heavy (non-hydrogen) atoms. The summed E-state index contributed by atoms with van der Waals surface area (Å²) in [4.78, 5) is 39.5. The summed E-state index contributed by atoms with van der Waals surface area (Å²) in [6.07, 6.45) is 7.75. The van der Waals surface area contributed by atoms with Crippen LogP contribution in [-0.2, 0) is 4.79 Å². The number of nitrogens with two attached hydrogens (primary N) is 1. The molecule has 4 N–H and O–H groups in total. The standard InChI is InChI=1S/C46H53F2N11O4/c1-29-24-58(44-36(29)20-34(23-50-44)57-15-11-42(61)51-45(57)62)31-10-14-55(25-31)28-46(48)12-16-54(17-13-46)18-19-63-41-21-30(8-9-37(41)47)59-32-6-7-33(59)27-56(26-32)39-22-38(52-53-43(39)49)35-4-2-3-5-40(35)60/h2-5,8-9,20-24,31-33,60H,6-7,10-19,25-28H2,1H3,(H2,49,53)(H,51,61,62)/t31-,32?,33?/m1/s1. The fraction of sp³-hybridized carbons (Fsp3) is 0.457. The molecule has 2 bridgehead atoms. The molecule has 2 unspecified atom stereocenters. The van der Waals surface area contributed by atoms with E-state index in [0.29, 0.717) is 88.0 Å². The van der Waals surface area contributed by atoms with Crippen molar-refractivity contribution in [2.24, 2.45) is 0 Å². The number of carbonyl (C=O) groups excluding carboxylic acids is 2. The van der Waals surface area contributed by atoms with Gasteiger partial charge in [0.15, 0.2) is 17.4 Å². The smallest absolute Gasteiger partial charge is 0.328 e. The highest BCUT2D eigenvalue weighted by Gasteiger charge is 2.42. The molecule has 3 atom stereocenters. The minimum Gasteiger partial charge on any atom is -0.507 e. The van der Waals surface area contributed by atoms with Gasteiger partial charge in [-0.3, -0.25) is 24.8 Å². The SMILES string of the molecule is Cc1cn([C@@H]2CCN(CC3(F)CCN(CCOc4cc(N5C6CCC5CN(c5cc(-c7ccccc7O)nnc5N)C6)ccc4F)CC3)C2)c2ncc(N3CCC(=O)NC3=O)cc12. The summed E-state index contributed by atoms with van der Waals surface area (Å²) in [6.45, 7) is 7.76. The lowest BCUT2D eigenvalue weighted by atomic mass is 9.92. The van der Waals surface area contributed by atoms with Gasteiger partial charge in [-0.15, -0.1) is 10.2 Å². The molecule has 5 fully saturated rings. The Morgan fingerprint density at radius 3 is 2.49 bits per heavy atom. The molecule has 0 aliphatic carbocycles. The first-order valence-electron chi connectivity index (χ1n) is 22.1. The molecule has 17 heteroatoms. The Hall–Kier alpha value is -6.07. The van der Waals surface area contributed by atoms with Crippen LogP contribution in [0.15, 0.2) is 67.0 Å². The van der Waals surface area contributed by atoms with Crippen LogP contribution in [0, 0.1) is 12.7 Å². The number of piperazine rings is 1. The third-order valence-electron chi connectivity index (χ3n) is 13.8. The number of phenolic OH excluding ortho intramolecular Hbond substituents is 1. The van der Waals surface area contributed by atoms with Crippen molar-refractivity contribution < 1.29 is 28.2 Å². The lowest BCUT2D eigenvalue weighted by Gasteiger charge is -2.43. The van der Waals surface area contributed by atoms with E-state index >= 15 is 8.78 Å². The van der Waals surface area contributed by atoms with E-state index in [9.17, 15) is 14.7 Å². The fourth-order valence-corrected chi connectivity index (χ4v) is 10.5. The number of pyridine rings is 1. The van der Waals surface area contributed by atoms with E-state index in [1.54, 1.807) is 29.3 Å². The van der Waals surface area contributed by atoms with Crippen LogP contribution in [0.3, 0.4) is 0 Å². The van der Waals surface area contributed by atoms with Crippen molar-refractivity contribution in [3.05, 3.63) is 78.4 Å². The highest BCUT2D eigenvalue weighted by molar-refractivity contribution is 6.06. The van der Waals surface area contributed by atoms with Crippen LogP contribution in [0.25, 0.3) is 22.3 Å². The number of halogens is 2. The lowest BCUT2D eigenvalue weighted by Crippen LogP contribution is -2.54. The number of ether oxygens (including phenoxy) is 1. The van der Waals surface area contributed by atoms with Gasteiger partial charge in [0.2, 0.25) is 5.91 Å². The Morgan fingerprint density at radius 1 is 0.921 bits per heavy atom. The van der Waals surface area contributed by atoms with Crippen molar-refractivity contribution in [1.29, 1.82) is 0 Å². The summed E-state index contributed by atoms with van der Waals surface area (Å²) < 4.78 is 39.8. The maximum absolute atomic E-state index is 16.4. The first kappa shape index (κ1) is 41.0. The van der Waals surface area contributed by atoms with E-state index in [4.69, 9.17) is 15.5 Å². The first-order valence-corrected chi connectivity index (χ1v) is 22.1. The van der Waals surface area contributed by atoms with Crippen molar-refractivity contribution in [1.82, 2.24) is 34.9 Å². The quantitative estimate of drug-likeness (QED) is 0.150. The number of piperidine rings is 1. The van der Waals surface area contributed by atoms with Gasteiger partial charge in [0.25, 0.3) is 0 Å². The number of imide groups is 1. The van der Waals surface area contributed by atoms with Gasteiger partial charge in [0, 0.05) is 112 Å². The van der Waals surface area contributed by atoms with Gasteiger partial charge >= 0.3 is 6.03 Å². The average Bonchev–Trinajstić information content (AvgIpc) is 3.94. The summed E-state index contributed by atoms with van der Waals surface area (Å²) >= 11 is 0. The number of hydrogen-bond donors (Lipinski definition) is 3. The largest absolute Gasteiger partial charge is 0.507 e. The molecule has 15 nitrogen and oxygen atoms in total. The summed E-state index contributed by atoms with van der Waals surface area (Å²) in [5.41, 5.74) is 10.5. The number of carbonyl (C=O) groups is 2. The van der Waals surface area contributed by atoms with Gasteiger partial charge in [-0.05, 0) is 81.0 Å². The maximum atomic E-state index is 16.4. The van der Waals surface area contributed by atoms with Gasteiger partial charge in [-0.1, -0.05) is 12.1 Å². The van der Waals surface area contributed by atoms with Crippen LogP contribution in [0.1, 0.15) is 50.1 Å². The molecule has 8 heterocycles. The van der Waals surface area contributed by atoms with Gasteiger partial charge in [0.1, 0.15) is 23.7 Å². The number of phenols is 1. The van der Waals surface area contributed by atoms with Crippen LogP contribution in [0.4, 0.5) is 36.5 Å². The summed E-state index contributed by atoms with van der Waals surface area (Å²) in [7, 11) is 0. The lowest BCUT2D eigenvalue weighted by molar-refractivity contribution is -0.120. The number of alkyl halides is 1. The molecule has 5 aliphatic rings. The van der Waals surface area contributed by atoms with Crippen molar-refractivity contribution in [3.8, 4) is 22.8 Å². The normalized spacial score (nSPS) is 22.9. The molecule has 5 saturated heterocycles. The predicted octanol–water partition coefficient (Wildman–Crippen LogP) is 5.66. The number of hydrogen-bond acceptors (Lipinski definition) is 12. The maximum Gasteiger partial charge on any atom is 0.328 e. The Bertz CT molecular complexity index is 2530. The third-order valence-corrected chi connectivity index (χ3v) is 13.8. The van der Waals surface area contributed by atoms with Gasteiger partial charge < -0.3 is 29.9 Å². The number of para-hydroxylation sites is 1. The molecule has 0 spiro atoms. The highest BCUT2D eigenvalue weighted by atomic mass is 19.1. The molecule has 0 saturated carbocycles. The van der Waals surface area contributed by atoms with Gasteiger partial charge in [0.05, 0.1) is 23.3 Å². The van der Waals surface area contributed by atoms with Crippen molar-refractivity contribution in [3.63, 3.8) is 0 Å². The van der Waals surface area contributed by atoms with Gasteiger partial charge in [-0.25, -0.2) is 18.6 Å². The molecule has 2 aromatic carbocycles. The molecule has 3 aromatic heterocycles. The number of rotatable bonds is 11. The monoisotopic (exact) mass is 861 g/mol. The van der Waals surface area contributed by atoms with E-state index in [0.717, 1.165) is 60.3 Å². The van der Waals surface area contributed by atoms with Crippen LogP contribution >= 0.6 is 0 Å². The predicted molar refractivity (Wildman–Crippen MR) is 237 cm³/mol. The zero-order valence-electron chi connectivity index (χ0n) is 35.4. The number of urea groups is 1. The molecule has 330 valence electrons. The van der Waals surface area contributed by atoms with Crippen LogP contribution in [0.5, 0.6) is 11.5 Å². The number of nitrogens with zero attached hydrogens (tertiary/aromatic N) is 9. The second kappa shape index (κ2) is 16.6. The molecule has 5 aliphatic heterocycles. The number of benzene rings is 2. The van der Waals surface area contributed by atoms with Crippen LogP contribution in [0.2, 0.25) is 0 Å². The number of aryl methyl sites for hydroxylation is 1. The summed E-state index contributed by atoms with van der Waals surface area (Å²) in [6, 6.07) is 16.1. The molecule has 10 rings (SSSR count). The first-order chi connectivity index (χ1) is 30.5. The Kier molecular flexibility index (Phi) is 10.8. The third kappa shape index (κ3) is 8.08. The van der Waals surface area contributed by atoms with Crippen LogP contribution < -0.4 is 30.5 Å². The number of aromatic hydroxyl groups is 1. The van der Waals surface area contributed by atoms with Crippen molar-refractivity contribution in [2.75, 3.05) is 85.9 Å². The van der Waals surface area contributed by atoms with Gasteiger partial charge in [-0.2, -0.15) is 0 Å². The highest BCUT2D eigenvalue weighted by Crippen LogP contribution is 2.41. The number of amides is 3. The molecule has 0 radical (unpaired) electrons. The fourth-order valence-electron chi connectivity index (χ4n) is 10.5. The summed E-state index contributed by atoms with van der Waals surface area (Å²) in [5.74, 6) is 0.0105. The number of fused-ring (bicyclic) bond motifs is 3. The summed E-state index contributed by atoms with van der Waals surface area (Å²) in [5, 5.41) is 22.2. The van der Waals surface area contributed by atoms with E-state index in [-0.39, 0.29) is 42.0 Å². The second-order valence-electron chi connectivity index (χ2n) is 17.9. The molecule has 3 amide bonds. The number of nitrogen functional groups attached to an aromatic ring is 1. The van der Waals surface area contributed by atoms with E-state index < -0.39 is 17.5 Å². The Balaban J connectivity index is 0.708. The zero-order chi connectivity index (χ0) is 43.4. The number of anilines is 4. The second-order valence-corrected chi connectivity index (χ2v) is 17.9. The van der Waals surface area contributed by atoms with Crippen molar-refractivity contribution in [2.45, 2.75) is 69.2 Å². The van der Waals surface area contributed by atoms with E-state index in [1.807, 2.05) is 37.3 Å². The average molecular weight is 862 g/mol. The van der Waals surface area contributed by atoms with E-state index in [2.05, 4.69) is 45.9 Å². The molecular formula is C46H53F2N11O4. The Labute approximate surface area is 364 Å². The minimum atomic E-state index is -1.29. The van der Waals surface area contributed by atoms with Crippen LogP contribution in [-0.4, -0.2) is 130 Å². The van der Waals surface area contributed by atoms with E-state index in [1.165, 1.54) is 6.07 Å². The van der Waals surface area contributed by atoms with Crippen molar-refractivity contribution >= 4 is 45.9 Å². The minimum absolute atomic E-state index is 0.130. The number of likely N-dealkylation sites (tertiary alicyclic amines) is 2. The Morgan fingerprint density at radius 2 is 1.71 bits per heavy atom. The number of nitrogens with one attached hydrogen (secondary N) is 1. The molecule has 5 aromatic rings.